The Balaban J connectivity index is 1.95. The SMILES string of the molecule is COc1ccc(-c2nc(SC)nc(NCCc3ccccc3)c2C#N)cc1OC. The molecule has 6 nitrogen and oxygen atoms in total. The number of aromatic nitrogens is 2. The summed E-state index contributed by atoms with van der Waals surface area (Å²) in [6, 6.07) is 17.9. The van der Waals surface area contributed by atoms with Gasteiger partial charge in [-0.15, -0.1) is 0 Å². The van der Waals surface area contributed by atoms with Gasteiger partial charge in [0.25, 0.3) is 0 Å². The third kappa shape index (κ3) is 4.79. The molecular weight excluding hydrogens is 384 g/mol. The highest BCUT2D eigenvalue weighted by molar-refractivity contribution is 7.98. The summed E-state index contributed by atoms with van der Waals surface area (Å²) in [4.78, 5) is 9.10. The normalized spacial score (nSPS) is 10.3. The lowest BCUT2D eigenvalue weighted by atomic mass is 10.1. The van der Waals surface area contributed by atoms with Gasteiger partial charge in [0.15, 0.2) is 16.7 Å². The summed E-state index contributed by atoms with van der Waals surface area (Å²) in [5.74, 6) is 1.74. The molecule has 3 rings (SSSR count). The molecule has 0 fully saturated rings. The lowest BCUT2D eigenvalue weighted by Gasteiger charge is -2.14. The van der Waals surface area contributed by atoms with Crippen LogP contribution in [0.4, 0.5) is 5.82 Å². The van der Waals surface area contributed by atoms with Gasteiger partial charge >= 0.3 is 0 Å². The summed E-state index contributed by atoms with van der Waals surface area (Å²) in [5.41, 5.74) is 2.96. The van der Waals surface area contributed by atoms with Crippen molar-refractivity contribution >= 4 is 17.6 Å². The molecule has 0 aliphatic heterocycles. The van der Waals surface area contributed by atoms with E-state index in [9.17, 15) is 5.26 Å². The van der Waals surface area contributed by atoms with Gasteiger partial charge in [-0.25, -0.2) is 9.97 Å². The van der Waals surface area contributed by atoms with Crippen molar-refractivity contribution in [3.05, 3.63) is 59.7 Å². The summed E-state index contributed by atoms with van der Waals surface area (Å²) >= 11 is 1.43. The van der Waals surface area contributed by atoms with E-state index in [0.717, 1.165) is 12.0 Å². The fourth-order valence-corrected chi connectivity index (χ4v) is 3.29. The van der Waals surface area contributed by atoms with E-state index in [2.05, 4.69) is 33.5 Å². The molecule has 0 unspecified atom stereocenters. The largest absolute Gasteiger partial charge is 0.493 e. The zero-order valence-corrected chi connectivity index (χ0v) is 17.4. The summed E-state index contributed by atoms with van der Waals surface area (Å²) in [5, 5.41) is 13.7. The number of nitriles is 1. The number of anilines is 1. The predicted octanol–water partition coefficient (Wildman–Crippen LogP) is 4.41. The molecule has 0 radical (unpaired) electrons. The maximum absolute atomic E-state index is 9.84. The van der Waals surface area contributed by atoms with E-state index in [0.29, 0.717) is 40.3 Å². The van der Waals surface area contributed by atoms with Crippen molar-refractivity contribution in [2.45, 2.75) is 11.6 Å². The quantitative estimate of drug-likeness (QED) is 0.438. The number of nitrogens with one attached hydrogen (secondary N) is 1. The van der Waals surface area contributed by atoms with Crippen molar-refractivity contribution in [3.8, 4) is 28.8 Å². The highest BCUT2D eigenvalue weighted by Gasteiger charge is 2.17. The van der Waals surface area contributed by atoms with Gasteiger partial charge in [-0.3, -0.25) is 0 Å². The van der Waals surface area contributed by atoms with Crippen LogP contribution in [0.5, 0.6) is 11.5 Å². The number of ether oxygens (including phenoxy) is 2. The first-order valence-corrected chi connectivity index (χ1v) is 10.3. The second kappa shape index (κ2) is 9.80. The minimum absolute atomic E-state index is 0.406. The lowest BCUT2D eigenvalue weighted by molar-refractivity contribution is 0.355. The number of rotatable bonds is 8. The van der Waals surface area contributed by atoms with Gasteiger partial charge < -0.3 is 14.8 Å². The van der Waals surface area contributed by atoms with Crippen LogP contribution >= 0.6 is 11.8 Å². The Morgan fingerprint density at radius 1 is 1.03 bits per heavy atom. The fraction of sp³-hybridized carbons (Fsp3) is 0.227. The van der Waals surface area contributed by atoms with E-state index in [-0.39, 0.29) is 0 Å². The first-order valence-electron chi connectivity index (χ1n) is 9.06. The summed E-state index contributed by atoms with van der Waals surface area (Å²) in [7, 11) is 3.17. The molecule has 0 saturated heterocycles. The first kappa shape index (κ1) is 20.5. The van der Waals surface area contributed by atoms with Crippen LogP contribution < -0.4 is 14.8 Å². The lowest BCUT2D eigenvalue weighted by Crippen LogP contribution is -2.10. The van der Waals surface area contributed by atoms with Crippen molar-refractivity contribution < 1.29 is 9.47 Å². The number of thioether (sulfide) groups is 1. The third-order valence-corrected chi connectivity index (χ3v) is 4.94. The topological polar surface area (TPSA) is 80.1 Å². The average molecular weight is 407 g/mol. The molecule has 29 heavy (non-hydrogen) atoms. The highest BCUT2D eigenvalue weighted by atomic mass is 32.2. The third-order valence-electron chi connectivity index (χ3n) is 4.39. The Bertz CT molecular complexity index is 1020. The molecule has 1 N–H and O–H groups in total. The van der Waals surface area contributed by atoms with Crippen LogP contribution in [-0.4, -0.2) is 37.0 Å². The van der Waals surface area contributed by atoms with Crippen molar-refractivity contribution in [1.29, 1.82) is 5.26 Å². The Labute approximate surface area is 174 Å². The van der Waals surface area contributed by atoms with E-state index in [4.69, 9.17) is 9.47 Å². The molecule has 1 aromatic heterocycles. The Morgan fingerprint density at radius 2 is 1.79 bits per heavy atom. The molecule has 0 amide bonds. The Kier molecular flexibility index (Phi) is 6.93. The fourth-order valence-electron chi connectivity index (χ4n) is 2.93. The van der Waals surface area contributed by atoms with Crippen LogP contribution in [0.25, 0.3) is 11.3 Å². The number of hydrogen-bond donors (Lipinski definition) is 1. The van der Waals surface area contributed by atoms with E-state index >= 15 is 0 Å². The predicted molar refractivity (Wildman–Crippen MR) is 116 cm³/mol. The highest BCUT2D eigenvalue weighted by Crippen LogP contribution is 2.34. The van der Waals surface area contributed by atoms with Crippen molar-refractivity contribution in [1.82, 2.24) is 9.97 Å². The monoisotopic (exact) mass is 406 g/mol. The van der Waals surface area contributed by atoms with Gasteiger partial charge in [-0.05, 0) is 36.4 Å². The van der Waals surface area contributed by atoms with E-state index in [1.165, 1.54) is 17.3 Å². The van der Waals surface area contributed by atoms with Gasteiger partial charge in [0.2, 0.25) is 0 Å². The van der Waals surface area contributed by atoms with E-state index in [1.807, 2.05) is 36.6 Å². The number of benzene rings is 2. The minimum Gasteiger partial charge on any atom is -0.493 e. The van der Waals surface area contributed by atoms with Crippen LogP contribution in [0.1, 0.15) is 11.1 Å². The van der Waals surface area contributed by atoms with Crippen molar-refractivity contribution in [3.63, 3.8) is 0 Å². The summed E-state index contributed by atoms with van der Waals surface area (Å²) in [6.07, 6.45) is 2.74. The van der Waals surface area contributed by atoms with Crippen LogP contribution in [0.2, 0.25) is 0 Å². The molecule has 2 aromatic carbocycles. The minimum atomic E-state index is 0.406. The molecule has 148 valence electrons. The molecule has 0 aliphatic carbocycles. The van der Waals surface area contributed by atoms with Crippen LogP contribution in [0, 0.1) is 11.3 Å². The maximum atomic E-state index is 9.84. The summed E-state index contributed by atoms with van der Waals surface area (Å²) in [6.45, 7) is 0.662. The molecule has 0 spiro atoms. The molecule has 0 aliphatic rings. The van der Waals surface area contributed by atoms with Gasteiger partial charge in [-0.2, -0.15) is 5.26 Å². The molecule has 0 bridgehead atoms. The molecule has 0 atom stereocenters. The number of hydrogen-bond acceptors (Lipinski definition) is 7. The summed E-state index contributed by atoms with van der Waals surface area (Å²) < 4.78 is 10.7. The standard InChI is InChI=1S/C22H22N4O2S/c1-27-18-10-9-16(13-19(18)28-2)20-17(14-23)21(26-22(25-20)29-3)24-12-11-15-7-5-4-6-8-15/h4-10,13H,11-12H2,1-3H3,(H,24,25,26). The van der Waals surface area contributed by atoms with Gasteiger partial charge in [-0.1, -0.05) is 42.1 Å². The van der Waals surface area contributed by atoms with Gasteiger partial charge in [0.05, 0.1) is 19.9 Å². The van der Waals surface area contributed by atoms with Crippen molar-refractivity contribution in [2.24, 2.45) is 0 Å². The Morgan fingerprint density at radius 3 is 2.45 bits per heavy atom. The number of nitrogens with zero attached hydrogens (tertiary/aromatic N) is 3. The first-order chi connectivity index (χ1) is 14.2. The van der Waals surface area contributed by atoms with Crippen molar-refractivity contribution in [2.75, 3.05) is 32.3 Å². The molecule has 7 heteroatoms. The maximum Gasteiger partial charge on any atom is 0.189 e. The van der Waals surface area contributed by atoms with Gasteiger partial charge in [0, 0.05) is 12.1 Å². The van der Waals surface area contributed by atoms with Crippen LogP contribution in [0.15, 0.2) is 53.7 Å². The molecule has 3 aromatic rings. The van der Waals surface area contributed by atoms with Crippen LogP contribution in [-0.2, 0) is 6.42 Å². The average Bonchev–Trinajstić information content (AvgIpc) is 2.78. The second-order valence-electron chi connectivity index (χ2n) is 6.13. The number of methoxy groups -OCH3 is 2. The second-order valence-corrected chi connectivity index (χ2v) is 6.90. The Hall–Kier alpha value is -3.24. The molecule has 0 saturated carbocycles. The zero-order valence-electron chi connectivity index (χ0n) is 16.6. The zero-order chi connectivity index (χ0) is 20.6. The molecule has 1 heterocycles. The smallest absolute Gasteiger partial charge is 0.189 e. The van der Waals surface area contributed by atoms with E-state index < -0.39 is 0 Å². The molecular formula is C22H22N4O2S. The van der Waals surface area contributed by atoms with Crippen LogP contribution in [0.3, 0.4) is 0 Å². The van der Waals surface area contributed by atoms with Gasteiger partial charge in [0.1, 0.15) is 17.5 Å². The van der Waals surface area contributed by atoms with E-state index in [1.54, 1.807) is 20.3 Å².